The van der Waals surface area contributed by atoms with Gasteiger partial charge in [-0.1, -0.05) is 6.58 Å². The maximum Gasteiger partial charge on any atom is 0.157 e. The van der Waals surface area contributed by atoms with E-state index in [2.05, 4.69) is 21.6 Å². The molecule has 0 N–H and O–H groups in total. The third kappa shape index (κ3) is 1.81. The van der Waals surface area contributed by atoms with Gasteiger partial charge in [-0.05, 0) is 26.0 Å². The quantitative estimate of drug-likeness (QED) is 0.767. The fourth-order valence-corrected chi connectivity index (χ4v) is 2.37. The third-order valence-electron chi connectivity index (χ3n) is 2.99. The van der Waals surface area contributed by atoms with Crippen LogP contribution in [0.25, 0.3) is 5.52 Å². The van der Waals surface area contributed by atoms with Crippen molar-refractivity contribution in [3.8, 4) is 0 Å². The minimum Gasteiger partial charge on any atom is -0.492 e. The number of fused-ring (bicyclic) bond motifs is 1. The van der Waals surface area contributed by atoms with Crippen molar-refractivity contribution < 1.29 is 4.74 Å². The van der Waals surface area contributed by atoms with Crippen molar-refractivity contribution in [1.82, 2.24) is 14.6 Å². The highest BCUT2D eigenvalue weighted by Gasteiger charge is 2.23. The molecule has 3 rings (SSSR count). The van der Waals surface area contributed by atoms with E-state index in [9.17, 15) is 0 Å². The number of hydrogen-bond donors (Lipinski definition) is 0. The molecule has 0 radical (unpaired) electrons. The molecule has 0 unspecified atom stereocenters. The van der Waals surface area contributed by atoms with Crippen LogP contribution in [0.3, 0.4) is 0 Å². The van der Waals surface area contributed by atoms with Crippen molar-refractivity contribution in [3.63, 3.8) is 0 Å². The van der Waals surface area contributed by atoms with Crippen LogP contribution in [-0.4, -0.2) is 33.8 Å². The lowest BCUT2D eigenvalue weighted by atomic mass is 10.2. The summed E-state index contributed by atoms with van der Waals surface area (Å²) in [5.41, 5.74) is 1.02. The molecule has 1 aliphatic rings. The highest BCUT2D eigenvalue weighted by molar-refractivity contribution is 5.69. The first kappa shape index (κ1) is 11.1. The number of ether oxygens (including phenoxy) is 1. The summed E-state index contributed by atoms with van der Waals surface area (Å²) < 4.78 is 7.44. The van der Waals surface area contributed by atoms with Crippen LogP contribution in [0.1, 0.15) is 12.7 Å². The second-order valence-corrected chi connectivity index (χ2v) is 4.67. The lowest BCUT2D eigenvalue weighted by molar-refractivity contribution is 0.114. The van der Waals surface area contributed by atoms with Crippen LogP contribution < -0.4 is 4.90 Å². The molecule has 3 heterocycles. The Hall–Kier alpha value is -2.04. The molecule has 0 bridgehead atoms. The van der Waals surface area contributed by atoms with Crippen LogP contribution in [-0.2, 0) is 4.74 Å². The Morgan fingerprint density at radius 3 is 3.11 bits per heavy atom. The predicted octanol–water partition coefficient (Wildman–Crippen LogP) is 1.78. The van der Waals surface area contributed by atoms with Gasteiger partial charge in [-0.2, -0.15) is 5.10 Å². The number of nitrogens with zero attached hydrogens (tertiary/aromatic N) is 4. The molecule has 0 saturated carbocycles. The number of morpholine rings is 1. The summed E-state index contributed by atoms with van der Waals surface area (Å²) in [7, 11) is 0. The van der Waals surface area contributed by atoms with Crippen LogP contribution in [0.15, 0.2) is 30.7 Å². The molecular weight excluding hydrogens is 228 g/mol. The average Bonchev–Trinajstić information content (AvgIpc) is 2.74. The van der Waals surface area contributed by atoms with Gasteiger partial charge in [-0.15, -0.1) is 0 Å². The van der Waals surface area contributed by atoms with E-state index in [4.69, 9.17) is 4.74 Å². The first-order valence-corrected chi connectivity index (χ1v) is 6.05. The Balaban J connectivity index is 2.07. The summed E-state index contributed by atoms with van der Waals surface area (Å²) in [5.74, 6) is 2.50. The summed E-state index contributed by atoms with van der Waals surface area (Å²) in [6.07, 6.45) is 2.07. The summed E-state index contributed by atoms with van der Waals surface area (Å²) in [6, 6.07) is 4.00. The average molecular weight is 244 g/mol. The molecule has 1 atom stereocenters. The summed E-state index contributed by atoms with van der Waals surface area (Å²) in [6.45, 7) is 9.36. The van der Waals surface area contributed by atoms with E-state index in [-0.39, 0.29) is 6.10 Å². The fourth-order valence-electron chi connectivity index (χ4n) is 2.37. The van der Waals surface area contributed by atoms with Gasteiger partial charge in [0.25, 0.3) is 0 Å². The van der Waals surface area contributed by atoms with Crippen molar-refractivity contribution in [3.05, 3.63) is 36.5 Å². The highest BCUT2D eigenvalue weighted by Crippen LogP contribution is 2.23. The molecule has 5 nitrogen and oxygen atoms in total. The molecule has 0 amide bonds. The van der Waals surface area contributed by atoms with E-state index in [1.807, 2.05) is 36.7 Å². The molecule has 2 aromatic rings. The van der Waals surface area contributed by atoms with Crippen LogP contribution in [0, 0.1) is 6.92 Å². The van der Waals surface area contributed by atoms with Crippen LogP contribution in [0.4, 0.5) is 5.82 Å². The minimum absolute atomic E-state index is 0.136. The van der Waals surface area contributed by atoms with Gasteiger partial charge in [0.1, 0.15) is 23.2 Å². The zero-order valence-corrected chi connectivity index (χ0v) is 10.6. The molecule has 0 spiro atoms. The number of aromatic nitrogens is 3. The smallest absolute Gasteiger partial charge is 0.157 e. The Morgan fingerprint density at radius 2 is 2.33 bits per heavy atom. The molecule has 0 aromatic carbocycles. The molecule has 1 fully saturated rings. The first-order chi connectivity index (χ1) is 8.63. The van der Waals surface area contributed by atoms with Gasteiger partial charge in [0.05, 0.1) is 13.1 Å². The zero-order valence-electron chi connectivity index (χ0n) is 10.6. The molecule has 1 aliphatic heterocycles. The minimum atomic E-state index is 0.136. The largest absolute Gasteiger partial charge is 0.492 e. The second kappa shape index (κ2) is 4.01. The Labute approximate surface area is 106 Å². The number of rotatable bonds is 1. The molecule has 18 heavy (non-hydrogen) atoms. The number of hydrogen-bond acceptors (Lipinski definition) is 4. The second-order valence-electron chi connectivity index (χ2n) is 4.67. The maximum atomic E-state index is 5.58. The molecule has 0 aliphatic carbocycles. The van der Waals surface area contributed by atoms with Crippen LogP contribution >= 0.6 is 0 Å². The third-order valence-corrected chi connectivity index (χ3v) is 2.99. The van der Waals surface area contributed by atoms with E-state index >= 15 is 0 Å². The van der Waals surface area contributed by atoms with Crippen molar-refractivity contribution in [2.75, 3.05) is 18.0 Å². The molecule has 2 aromatic heterocycles. The van der Waals surface area contributed by atoms with Crippen LogP contribution in [0.5, 0.6) is 0 Å². The maximum absolute atomic E-state index is 5.58. The summed E-state index contributed by atoms with van der Waals surface area (Å²) >= 11 is 0. The number of anilines is 1. The standard InChI is InChI=1S/C13H16N4O/c1-9-7-16(8-10(2)18-9)13-12-5-4-6-17(12)15-11(3)14-13/h4-6,10H,1,7-8H2,2-3H3/t10-/m0/s1. The van der Waals surface area contributed by atoms with E-state index in [0.717, 1.165) is 29.5 Å². The number of aryl methyl sites for hydroxylation is 1. The molecule has 1 saturated heterocycles. The van der Waals surface area contributed by atoms with E-state index in [1.165, 1.54) is 0 Å². The topological polar surface area (TPSA) is 42.7 Å². The Kier molecular flexibility index (Phi) is 2.47. The predicted molar refractivity (Wildman–Crippen MR) is 69.6 cm³/mol. The van der Waals surface area contributed by atoms with Gasteiger partial charge in [-0.25, -0.2) is 9.50 Å². The zero-order chi connectivity index (χ0) is 12.7. The summed E-state index contributed by atoms with van der Waals surface area (Å²) in [4.78, 5) is 6.76. The lowest BCUT2D eigenvalue weighted by Crippen LogP contribution is -2.40. The molecular formula is C13H16N4O. The Bertz CT molecular complexity index is 604. The fraction of sp³-hybridized carbons (Fsp3) is 0.385. The van der Waals surface area contributed by atoms with Crippen molar-refractivity contribution in [2.45, 2.75) is 20.0 Å². The van der Waals surface area contributed by atoms with Crippen molar-refractivity contribution >= 4 is 11.3 Å². The first-order valence-electron chi connectivity index (χ1n) is 6.05. The van der Waals surface area contributed by atoms with Crippen molar-refractivity contribution in [2.24, 2.45) is 0 Å². The van der Waals surface area contributed by atoms with Gasteiger partial charge < -0.3 is 9.64 Å². The van der Waals surface area contributed by atoms with E-state index < -0.39 is 0 Å². The van der Waals surface area contributed by atoms with Gasteiger partial charge in [0.2, 0.25) is 0 Å². The van der Waals surface area contributed by atoms with Gasteiger partial charge >= 0.3 is 0 Å². The SMILES string of the molecule is C=C1CN(c2nc(C)nn3cccc23)C[C@H](C)O1. The van der Waals surface area contributed by atoms with E-state index in [0.29, 0.717) is 6.54 Å². The normalized spacial score (nSPS) is 20.2. The Morgan fingerprint density at radius 1 is 1.50 bits per heavy atom. The lowest BCUT2D eigenvalue weighted by Gasteiger charge is -2.34. The van der Waals surface area contributed by atoms with Gasteiger partial charge in [0.15, 0.2) is 5.82 Å². The van der Waals surface area contributed by atoms with E-state index in [1.54, 1.807) is 0 Å². The molecule has 5 heteroatoms. The highest BCUT2D eigenvalue weighted by atomic mass is 16.5. The van der Waals surface area contributed by atoms with Crippen LogP contribution in [0.2, 0.25) is 0 Å². The summed E-state index contributed by atoms with van der Waals surface area (Å²) in [5, 5.41) is 4.35. The van der Waals surface area contributed by atoms with Crippen molar-refractivity contribution in [1.29, 1.82) is 0 Å². The molecule has 94 valence electrons. The van der Waals surface area contributed by atoms with Gasteiger partial charge in [0, 0.05) is 6.20 Å². The monoisotopic (exact) mass is 244 g/mol. The van der Waals surface area contributed by atoms with Gasteiger partial charge in [-0.3, -0.25) is 0 Å².